The number of hydrogen-bond donors (Lipinski definition) is 0. The molecule has 0 amide bonds. The van der Waals surface area contributed by atoms with Gasteiger partial charge in [-0.2, -0.15) is 0 Å². The van der Waals surface area contributed by atoms with E-state index in [9.17, 15) is 9.59 Å². The molecule has 4 heterocycles. The van der Waals surface area contributed by atoms with Gasteiger partial charge >= 0.3 is 149 Å². The molecule has 0 N–H and O–H groups in total. The molecule has 6 heteroatoms. The van der Waals surface area contributed by atoms with Crippen molar-refractivity contribution in [2.45, 2.75) is 19.5 Å². The third-order valence-electron chi connectivity index (χ3n) is 6.46. The van der Waals surface area contributed by atoms with Crippen LogP contribution in [0.5, 0.6) is 0 Å². The number of carbonyl (C=O) groups is 2. The number of fused-ring (bicyclic) bond motifs is 5. The zero-order valence-corrected chi connectivity index (χ0v) is 19.5. The second kappa shape index (κ2) is 6.72. The number of thiophene rings is 1. The summed E-state index contributed by atoms with van der Waals surface area (Å²) >= 11 is 2.21. The van der Waals surface area contributed by atoms with E-state index >= 15 is 0 Å². The molecule has 0 saturated carbocycles. The van der Waals surface area contributed by atoms with E-state index in [2.05, 4.69) is 28.0 Å². The van der Waals surface area contributed by atoms with E-state index in [1.165, 1.54) is 36.1 Å². The van der Waals surface area contributed by atoms with Crippen LogP contribution in [0.4, 0.5) is 0 Å². The van der Waals surface area contributed by atoms with Gasteiger partial charge in [-0.15, -0.1) is 0 Å². The molecule has 3 aliphatic rings. The van der Waals surface area contributed by atoms with Crippen molar-refractivity contribution in [3.05, 3.63) is 98.0 Å². The minimum atomic E-state index is -0.163. The SMILES string of the molecule is O=C1C(=CC2=CC=C(N3Cc4sc5cc6cc[se]c6nc5c4C3)C2)C(=O)c2ccccc21. The summed E-state index contributed by atoms with van der Waals surface area (Å²) in [7, 11) is 0. The number of pyridine rings is 1. The van der Waals surface area contributed by atoms with Crippen LogP contribution >= 0.6 is 11.3 Å². The number of ketones is 2. The Hall–Kier alpha value is -3.05. The number of rotatable bonds is 2. The number of benzene rings is 1. The Morgan fingerprint density at radius 2 is 1.84 bits per heavy atom. The third-order valence-corrected chi connectivity index (χ3v) is 9.34. The van der Waals surface area contributed by atoms with Gasteiger partial charge in [0.25, 0.3) is 0 Å². The Morgan fingerprint density at radius 3 is 2.66 bits per heavy atom. The normalized spacial score (nSPS) is 17.4. The molecular weight excluding hydrogens is 483 g/mol. The van der Waals surface area contributed by atoms with Gasteiger partial charge in [0.05, 0.1) is 0 Å². The van der Waals surface area contributed by atoms with Crippen LogP contribution in [0.1, 0.15) is 37.6 Å². The monoisotopic (exact) mass is 500 g/mol. The van der Waals surface area contributed by atoms with Gasteiger partial charge in [-0.3, -0.25) is 9.59 Å². The number of carbonyl (C=O) groups excluding carboxylic acids is 2. The van der Waals surface area contributed by atoms with Gasteiger partial charge in [-0.25, -0.2) is 0 Å². The number of Topliss-reactive ketones (excluding diaryl/α,β-unsaturated/α-hetero) is 2. The van der Waals surface area contributed by atoms with Crippen LogP contribution in [-0.2, 0) is 13.1 Å². The summed E-state index contributed by atoms with van der Waals surface area (Å²) in [5, 5.41) is 1.29. The van der Waals surface area contributed by atoms with Crippen molar-refractivity contribution in [2.24, 2.45) is 0 Å². The van der Waals surface area contributed by atoms with Crippen molar-refractivity contribution >= 4 is 57.4 Å². The molecule has 3 aromatic heterocycles. The number of nitrogens with zero attached hydrogens (tertiary/aromatic N) is 2. The Labute approximate surface area is 193 Å². The summed E-state index contributed by atoms with van der Waals surface area (Å²) < 4.78 is 2.53. The zero-order chi connectivity index (χ0) is 21.4. The molecule has 4 nitrogen and oxygen atoms in total. The quantitative estimate of drug-likeness (QED) is 0.220. The van der Waals surface area contributed by atoms with Crippen LogP contribution in [0, 0.1) is 0 Å². The maximum atomic E-state index is 12.7. The predicted octanol–water partition coefficient (Wildman–Crippen LogP) is 5.04. The second-order valence-corrected chi connectivity index (χ2v) is 11.4. The standard InChI is InChI=1S/C26H16N2O2SSe/c29-24-17-3-1-2-4-18(17)25(30)19(24)10-14-5-6-16(9-14)28-12-20-22(13-28)31-21-11-15-7-8-32-26(15)27-23(20)21/h1-8,10-11H,9,12-13H2. The first-order valence-electron chi connectivity index (χ1n) is 10.5. The summed E-state index contributed by atoms with van der Waals surface area (Å²) in [6.45, 7) is 1.77. The minimum Gasteiger partial charge on any atom is -0.288 e. The molecule has 0 fully saturated rings. The van der Waals surface area contributed by atoms with Crippen LogP contribution in [0.25, 0.3) is 20.0 Å². The fourth-order valence-corrected chi connectivity index (χ4v) is 7.64. The maximum absolute atomic E-state index is 12.7. The van der Waals surface area contributed by atoms with Crippen molar-refractivity contribution in [2.75, 3.05) is 0 Å². The van der Waals surface area contributed by atoms with Crippen molar-refractivity contribution < 1.29 is 9.59 Å². The molecule has 4 aromatic rings. The van der Waals surface area contributed by atoms with E-state index in [0.29, 0.717) is 25.6 Å². The molecule has 0 saturated heterocycles. The summed E-state index contributed by atoms with van der Waals surface area (Å²) in [5.74, 6) is -0.325. The molecule has 7 rings (SSSR count). The smallest absolute Gasteiger partial charge is 0.288 e. The molecule has 32 heavy (non-hydrogen) atoms. The van der Waals surface area contributed by atoms with Gasteiger partial charge in [0.2, 0.25) is 0 Å². The van der Waals surface area contributed by atoms with E-state index in [1.54, 1.807) is 30.3 Å². The van der Waals surface area contributed by atoms with Crippen LogP contribution in [0.2, 0.25) is 0 Å². The van der Waals surface area contributed by atoms with Crippen molar-refractivity contribution in [3.8, 4) is 0 Å². The Bertz CT molecular complexity index is 1560. The fraction of sp³-hybridized carbons (Fsp3) is 0.115. The molecule has 0 bridgehead atoms. The Morgan fingerprint density at radius 1 is 1.03 bits per heavy atom. The van der Waals surface area contributed by atoms with E-state index < -0.39 is 0 Å². The second-order valence-electron chi connectivity index (χ2n) is 8.35. The summed E-state index contributed by atoms with van der Waals surface area (Å²) in [4.78, 5) is 36.4. The van der Waals surface area contributed by atoms with Gasteiger partial charge in [0.15, 0.2) is 0 Å². The first-order chi connectivity index (χ1) is 15.7. The molecule has 154 valence electrons. The zero-order valence-electron chi connectivity index (χ0n) is 16.9. The van der Waals surface area contributed by atoms with Gasteiger partial charge in [0, 0.05) is 11.1 Å². The molecule has 0 spiro atoms. The van der Waals surface area contributed by atoms with E-state index in [-0.39, 0.29) is 17.1 Å². The molecule has 0 unspecified atom stereocenters. The molecular formula is C26H16N2O2SSe. The van der Waals surface area contributed by atoms with Gasteiger partial charge in [-0.1, -0.05) is 24.3 Å². The van der Waals surface area contributed by atoms with Crippen LogP contribution in [0.15, 0.2) is 76.4 Å². The van der Waals surface area contributed by atoms with E-state index in [0.717, 1.165) is 25.1 Å². The Kier molecular flexibility index (Phi) is 3.89. The number of hydrogen-bond acceptors (Lipinski definition) is 5. The van der Waals surface area contributed by atoms with Crippen molar-refractivity contribution in [3.63, 3.8) is 0 Å². The molecule has 1 aromatic carbocycles. The Balaban J connectivity index is 1.12. The van der Waals surface area contributed by atoms with Crippen molar-refractivity contribution in [1.29, 1.82) is 0 Å². The first-order valence-corrected chi connectivity index (χ1v) is 13.2. The number of allylic oxidation sites excluding steroid dienone is 5. The van der Waals surface area contributed by atoms with Gasteiger partial charge < -0.3 is 0 Å². The van der Waals surface area contributed by atoms with Gasteiger partial charge in [-0.05, 0) is 0 Å². The van der Waals surface area contributed by atoms with E-state index in [4.69, 9.17) is 4.98 Å². The van der Waals surface area contributed by atoms with E-state index in [1.807, 2.05) is 17.4 Å². The predicted molar refractivity (Wildman–Crippen MR) is 127 cm³/mol. The third kappa shape index (κ3) is 2.64. The summed E-state index contributed by atoms with van der Waals surface area (Å²) in [6, 6.07) is 11.6. The molecule has 2 aliphatic carbocycles. The average molecular weight is 499 g/mol. The van der Waals surface area contributed by atoms with Gasteiger partial charge in [0.1, 0.15) is 0 Å². The van der Waals surface area contributed by atoms with Crippen LogP contribution in [0.3, 0.4) is 0 Å². The fourth-order valence-electron chi connectivity index (χ4n) is 4.85. The van der Waals surface area contributed by atoms with Crippen molar-refractivity contribution in [1.82, 2.24) is 9.88 Å². The van der Waals surface area contributed by atoms with Crippen LogP contribution < -0.4 is 0 Å². The van der Waals surface area contributed by atoms with Crippen LogP contribution in [-0.4, -0.2) is 36.0 Å². The molecule has 0 atom stereocenters. The molecule has 0 radical (unpaired) electrons. The first kappa shape index (κ1) is 18.5. The topological polar surface area (TPSA) is 50.3 Å². The number of aromatic nitrogens is 1. The average Bonchev–Trinajstić information content (AvgIpc) is 3.60. The minimum absolute atomic E-state index is 0.163. The summed E-state index contributed by atoms with van der Waals surface area (Å²) in [6.07, 6.45) is 6.69. The summed E-state index contributed by atoms with van der Waals surface area (Å²) in [5.41, 5.74) is 6.09. The molecule has 1 aliphatic heterocycles.